The van der Waals surface area contributed by atoms with Crippen molar-refractivity contribution in [2.75, 3.05) is 0 Å². The third-order valence-electron chi connectivity index (χ3n) is 2.98. The average Bonchev–Trinajstić information content (AvgIpc) is 2.88. The Bertz CT molecular complexity index is 677. The number of benzene rings is 1. The van der Waals surface area contributed by atoms with Gasteiger partial charge in [-0.3, -0.25) is 4.98 Å². The molecule has 19 heavy (non-hydrogen) atoms. The van der Waals surface area contributed by atoms with Gasteiger partial charge in [0.25, 0.3) is 0 Å². The molecule has 2 aromatic heterocycles. The molecular weight excluding hydrogens is 240 g/mol. The lowest BCUT2D eigenvalue weighted by Gasteiger charge is -2.04. The third-order valence-corrected chi connectivity index (χ3v) is 2.98. The SMILES string of the molecule is NCc1ccc2occ(COc3cccnc3)c2c1. The lowest BCUT2D eigenvalue weighted by atomic mass is 10.1. The quantitative estimate of drug-likeness (QED) is 0.777. The van der Waals surface area contributed by atoms with Gasteiger partial charge in [-0.15, -0.1) is 0 Å². The van der Waals surface area contributed by atoms with Gasteiger partial charge >= 0.3 is 0 Å². The summed E-state index contributed by atoms with van der Waals surface area (Å²) in [5.74, 6) is 0.742. The molecule has 0 aliphatic heterocycles. The number of fused-ring (bicyclic) bond motifs is 1. The van der Waals surface area contributed by atoms with Crippen molar-refractivity contribution in [1.29, 1.82) is 0 Å². The maximum Gasteiger partial charge on any atom is 0.138 e. The van der Waals surface area contributed by atoms with Crippen LogP contribution in [0.3, 0.4) is 0 Å². The van der Waals surface area contributed by atoms with Crippen LogP contribution in [-0.2, 0) is 13.2 Å². The summed E-state index contributed by atoms with van der Waals surface area (Å²) in [6, 6.07) is 9.67. The van der Waals surface area contributed by atoms with Crippen LogP contribution in [0.4, 0.5) is 0 Å². The fraction of sp³-hybridized carbons (Fsp3) is 0.133. The van der Waals surface area contributed by atoms with Crippen LogP contribution in [-0.4, -0.2) is 4.98 Å². The Kier molecular flexibility index (Phi) is 3.16. The van der Waals surface area contributed by atoms with Gasteiger partial charge in [0.05, 0.1) is 12.5 Å². The number of rotatable bonds is 4. The van der Waals surface area contributed by atoms with Crippen molar-refractivity contribution in [1.82, 2.24) is 4.98 Å². The molecule has 4 nitrogen and oxygen atoms in total. The molecule has 4 heteroatoms. The van der Waals surface area contributed by atoms with Gasteiger partial charge in [-0.25, -0.2) is 0 Å². The molecule has 2 heterocycles. The van der Waals surface area contributed by atoms with Crippen molar-refractivity contribution in [2.24, 2.45) is 5.73 Å². The second-order valence-corrected chi connectivity index (χ2v) is 4.27. The number of ether oxygens (including phenoxy) is 1. The van der Waals surface area contributed by atoms with E-state index < -0.39 is 0 Å². The first-order valence-corrected chi connectivity index (χ1v) is 6.09. The van der Waals surface area contributed by atoms with Gasteiger partial charge in [-0.05, 0) is 29.8 Å². The van der Waals surface area contributed by atoms with E-state index in [1.165, 1.54) is 0 Å². The van der Waals surface area contributed by atoms with Crippen molar-refractivity contribution in [2.45, 2.75) is 13.2 Å². The van der Waals surface area contributed by atoms with Crippen molar-refractivity contribution >= 4 is 11.0 Å². The molecular formula is C15H14N2O2. The number of hydrogen-bond donors (Lipinski definition) is 1. The molecule has 2 N–H and O–H groups in total. The topological polar surface area (TPSA) is 61.3 Å². The van der Waals surface area contributed by atoms with E-state index in [2.05, 4.69) is 4.98 Å². The van der Waals surface area contributed by atoms with E-state index in [0.29, 0.717) is 13.2 Å². The number of pyridine rings is 1. The van der Waals surface area contributed by atoms with Gasteiger partial charge in [0.1, 0.15) is 17.9 Å². The zero-order chi connectivity index (χ0) is 13.1. The van der Waals surface area contributed by atoms with Crippen LogP contribution < -0.4 is 10.5 Å². The standard InChI is InChI=1S/C15H14N2O2/c16-7-11-3-4-15-14(6-11)12(10-19-15)9-18-13-2-1-5-17-8-13/h1-6,8,10H,7,9,16H2. The molecule has 0 saturated heterocycles. The van der Waals surface area contributed by atoms with Crippen LogP contribution >= 0.6 is 0 Å². The highest BCUT2D eigenvalue weighted by molar-refractivity contribution is 5.81. The Morgan fingerprint density at radius 2 is 2.21 bits per heavy atom. The van der Waals surface area contributed by atoms with Crippen LogP contribution in [0.25, 0.3) is 11.0 Å². The van der Waals surface area contributed by atoms with E-state index in [9.17, 15) is 0 Å². The van der Waals surface area contributed by atoms with Gasteiger partial charge < -0.3 is 14.9 Å². The number of aromatic nitrogens is 1. The van der Waals surface area contributed by atoms with E-state index in [1.54, 1.807) is 18.7 Å². The number of furan rings is 1. The van der Waals surface area contributed by atoms with Crippen LogP contribution in [0.1, 0.15) is 11.1 Å². The summed E-state index contributed by atoms with van der Waals surface area (Å²) in [4.78, 5) is 4.01. The van der Waals surface area contributed by atoms with E-state index in [4.69, 9.17) is 14.9 Å². The van der Waals surface area contributed by atoms with E-state index in [1.807, 2.05) is 30.3 Å². The minimum Gasteiger partial charge on any atom is -0.487 e. The van der Waals surface area contributed by atoms with Gasteiger partial charge in [0.15, 0.2) is 0 Å². The van der Waals surface area contributed by atoms with Gasteiger partial charge in [-0.2, -0.15) is 0 Å². The van der Waals surface area contributed by atoms with Gasteiger partial charge in [-0.1, -0.05) is 6.07 Å². The monoisotopic (exact) mass is 254 g/mol. The van der Waals surface area contributed by atoms with E-state index >= 15 is 0 Å². The third kappa shape index (κ3) is 2.44. The highest BCUT2D eigenvalue weighted by Crippen LogP contribution is 2.23. The van der Waals surface area contributed by atoms with Crippen molar-refractivity contribution in [3.8, 4) is 5.75 Å². The summed E-state index contributed by atoms with van der Waals surface area (Å²) < 4.78 is 11.2. The molecule has 0 spiro atoms. The Morgan fingerprint density at radius 3 is 3.00 bits per heavy atom. The number of hydrogen-bond acceptors (Lipinski definition) is 4. The first kappa shape index (κ1) is 11.7. The molecule has 0 amide bonds. The predicted molar refractivity (Wildman–Crippen MR) is 72.7 cm³/mol. The van der Waals surface area contributed by atoms with Crippen LogP contribution in [0.2, 0.25) is 0 Å². The van der Waals surface area contributed by atoms with E-state index in [-0.39, 0.29) is 0 Å². The summed E-state index contributed by atoms with van der Waals surface area (Å²) in [5, 5.41) is 1.05. The summed E-state index contributed by atoms with van der Waals surface area (Å²) in [5.41, 5.74) is 8.59. The van der Waals surface area contributed by atoms with Crippen molar-refractivity contribution in [3.05, 3.63) is 60.1 Å². The smallest absolute Gasteiger partial charge is 0.138 e. The normalized spacial score (nSPS) is 10.8. The minimum atomic E-state index is 0.451. The van der Waals surface area contributed by atoms with Crippen LogP contribution in [0.15, 0.2) is 53.4 Å². The minimum absolute atomic E-state index is 0.451. The Labute approximate surface area is 110 Å². The summed E-state index contributed by atoms with van der Waals surface area (Å²) in [6.07, 6.45) is 5.13. The second-order valence-electron chi connectivity index (χ2n) is 4.27. The van der Waals surface area contributed by atoms with Crippen molar-refractivity contribution < 1.29 is 9.15 Å². The Morgan fingerprint density at radius 1 is 1.26 bits per heavy atom. The first-order chi connectivity index (χ1) is 9.36. The van der Waals surface area contributed by atoms with E-state index in [0.717, 1.165) is 27.8 Å². The molecule has 0 unspecified atom stereocenters. The fourth-order valence-corrected chi connectivity index (χ4v) is 1.96. The number of nitrogens with two attached hydrogens (primary N) is 1. The van der Waals surface area contributed by atoms with Crippen molar-refractivity contribution in [3.63, 3.8) is 0 Å². The zero-order valence-corrected chi connectivity index (χ0v) is 10.4. The Hall–Kier alpha value is -2.33. The molecule has 1 aromatic carbocycles. The molecule has 0 radical (unpaired) electrons. The Balaban J connectivity index is 1.84. The first-order valence-electron chi connectivity index (χ1n) is 6.09. The molecule has 0 bridgehead atoms. The highest BCUT2D eigenvalue weighted by Gasteiger charge is 2.07. The molecule has 3 aromatic rings. The maximum atomic E-state index is 5.68. The highest BCUT2D eigenvalue weighted by atomic mass is 16.5. The molecule has 0 aliphatic rings. The van der Waals surface area contributed by atoms with Crippen LogP contribution in [0.5, 0.6) is 5.75 Å². The molecule has 96 valence electrons. The van der Waals surface area contributed by atoms with Gasteiger partial charge in [0, 0.05) is 23.7 Å². The average molecular weight is 254 g/mol. The molecule has 0 fully saturated rings. The van der Waals surface area contributed by atoms with Crippen LogP contribution in [0, 0.1) is 0 Å². The lowest BCUT2D eigenvalue weighted by molar-refractivity contribution is 0.304. The summed E-state index contributed by atoms with van der Waals surface area (Å²) >= 11 is 0. The molecule has 0 aliphatic carbocycles. The summed E-state index contributed by atoms with van der Waals surface area (Å²) in [7, 11) is 0. The molecule has 0 atom stereocenters. The van der Waals surface area contributed by atoms with Gasteiger partial charge in [0.2, 0.25) is 0 Å². The lowest BCUT2D eigenvalue weighted by Crippen LogP contribution is -1.97. The zero-order valence-electron chi connectivity index (χ0n) is 10.4. The predicted octanol–water partition coefficient (Wildman–Crippen LogP) is 2.87. The maximum absolute atomic E-state index is 5.68. The summed E-state index contributed by atoms with van der Waals surface area (Å²) in [6.45, 7) is 0.969. The largest absolute Gasteiger partial charge is 0.487 e. The molecule has 3 rings (SSSR count). The fourth-order valence-electron chi connectivity index (χ4n) is 1.96. The number of nitrogens with zero attached hydrogens (tertiary/aromatic N) is 1. The molecule has 0 saturated carbocycles. The second kappa shape index (κ2) is 5.12.